The van der Waals surface area contributed by atoms with Crippen molar-refractivity contribution in [1.29, 1.82) is 0 Å². The largest absolute Gasteiger partial charge is 0.352 e. The van der Waals surface area contributed by atoms with Gasteiger partial charge in [-0.2, -0.15) is 0 Å². The fourth-order valence-electron chi connectivity index (χ4n) is 3.12. The Labute approximate surface area is 210 Å². The zero-order valence-corrected chi connectivity index (χ0v) is 21.6. The predicted molar refractivity (Wildman–Crippen MR) is 136 cm³/mol. The summed E-state index contributed by atoms with van der Waals surface area (Å²) in [6.45, 7) is 6.12. The number of hydrogen-bond donors (Lipinski definition) is 1. The topological polar surface area (TPSA) is 49.4 Å². The summed E-state index contributed by atoms with van der Waals surface area (Å²) in [7, 11) is 0. The summed E-state index contributed by atoms with van der Waals surface area (Å²) in [4.78, 5) is 28.9. The molecule has 0 aliphatic heterocycles. The summed E-state index contributed by atoms with van der Waals surface area (Å²) in [5.41, 5.74) is 0.754. The van der Waals surface area contributed by atoms with Crippen LogP contribution in [0.2, 0.25) is 15.1 Å². The Morgan fingerprint density at radius 3 is 2.25 bits per heavy atom. The summed E-state index contributed by atoms with van der Waals surface area (Å²) in [5, 5.41) is 4.68. The second-order valence-corrected chi connectivity index (χ2v) is 10.0. The first kappa shape index (κ1) is 26.8. The van der Waals surface area contributed by atoms with E-state index in [1.807, 2.05) is 45.0 Å². The minimum atomic E-state index is -0.580. The number of carbonyl (C=O) groups is 2. The normalized spacial score (nSPS) is 12.8. The molecule has 8 heteroatoms. The summed E-state index contributed by atoms with van der Waals surface area (Å²) in [6, 6.07) is 12.2. The van der Waals surface area contributed by atoms with E-state index in [0.717, 1.165) is 16.9 Å². The molecule has 0 unspecified atom stereocenters. The molecule has 2 atom stereocenters. The molecular formula is C24H29Cl3N2O2S. The molecule has 0 aliphatic carbocycles. The molecule has 4 nitrogen and oxygen atoms in total. The van der Waals surface area contributed by atoms with Crippen molar-refractivity contribution in [3.05, 3.63) is 63.1 Å². The first-order valence-corrected chi connectivity index (χ1v) is 12.8. The van der Waals surface area contributed by atoms with E-state index in [2.05, 4.69) is 5.32 Å². The number of halogens is 3. The molecule has 32 heavy (non-hydrogen) atoms. The molecule has 2 amide bonds. The van der Waals surface area contributed by atoms with Crippen molar-refractivity contribution >= 4 is 58.4 Å². The highest BCUT2D eigenvalue weighted by molar-refractivity contribution is 7.99. The third-order valence-electron chi connectivity index (χ3n) is 5.14. The first-order valence-electron chi connectivity index (χ1n) is 10.7. The van der Waals surface area contributed by atoms with Crippen molar-refractivity contribution in [1.82, 2.24) is 10.2 Å². The van der Waals surface area contributed by atoms with Crippen LogP contribution < -0.4 is 5.32 Å². The molecule has 0 saturated carbocycles. The molecule has 0 heterocycles. The maximum atomic E-state index is 13.3. The van der Waals surface area contributed by atoms with Gasteiger partial charge < -0.3 is 10.2 Å². The maximum Gasteiger partial charge on any atom is 0.243 e. The number of hydrogen-bond acceptors (Lipinski definition) is 3. The van der Waals surface area contributed by atoms with Gasteiger partial charge in [-0.1, -0.05) is 54.7 Å². The summed E-state index contributed by atoms with van der Waals surface area (Å²) in [6.07, 6.45) is 1.62. The van der Waals surface area contributed by atoms with Crippen LogP contribution in [-0.4, -0.2) is 34.6 Å². The van der Waals surface area contributed by atoms with Crippen LogP contribution >= 0.6 is 46.6 Å². The first-order chi connectivity index (χ1) is 15.2. The Morgan fingerprint density at radius 1 is 1.00 bits per heavy atom. The molecule has 0 aliphatic rings. The Bertz CT molecular complexity index is 909. The van der Waals surface area contributed by atoms with Crippen LogP contribution in [0.1, 0.15) is 45.6 Å². The monoisotopic (exact) mass is 514 g/mol. The average Bonchev–Trinajstić information content (AvgIpc) is 2.76. The highest BCUT2D eigenvalue weighted by Crippen LogP contribution is 2.25. The lowest BCUT2D eigenvalue weighted by molar-refractivity contribution is -0.141. The number of thioether (sulfide) groups is 1. The third kappa shape index (κ3) is 8.18. The SMILES string of the molecule is CC[C@@H](C)NC(=O)[C@@H](CC)N(Cc1ccc(Cl)cc1Cl)C(=O)CCSc1ccc(Cl)cc1. The molecule has 0 bridgehead atoms. The molecule has 2 rings (SSSR count). The Hall–Kier alpha value is -1.40. The van der Waals surface area contributed by atoms with Gasteiger partial charge in [0.1, 0.15) is 6.04 Å². The van der Waals surface area contributed by atoms with Crippen molar-refractivity contribution in [2.75, 3.05) is 5.75 Å². The lowest BCUT2D eigenvalue weighted by atomic mass is 10.1. The van der Waals surface area contributed by atoms with E-state index in [1.165, 1.54) is 0 Å². The van der Waals surface area contributed by atoms with Gasteiger partial charge in [-0.15, -0.1) is 11.8 Å². The van der Waals surface area contributed by atoms with Gasteiger partial charge in [0.2, 0.25) is 11.8 Å². The molecule has 0 fully saturated rings. The highest BCUT2D eigenvalue weighted by Gasteiger charge is 2.29. The van der Waals surface area contributed by atoms with Crippen LogP contribution in [0.15, 0.2) is 47.4 Å². The van der Waals surface area contributed by atoms with E-state index in [0.29, 0.717) is 33.7 Å². The molecule has 0 saturated heterocycles. The smallest absolute Gasteiger partial charge is 0.243 e. The zero-order chi connectivity index (χ0) is 23.7. The second kappa shape index (κ2) is 13.3. The fraction of sp³-hybridized carbons (Fsp3) is 0.417. The lowest BCUT2D eigenvalue weighted by Gasteiger charge is -2.31. The van der Waals surface area contributed by atoms with Crippen molar-refractivity contribution in [2.45, 2.75) is 63.6 Å². The number of benzene rings is 2. The second-order valence-electron chi connectivity index (χ2n) is 7.55. The number of nitrogens with one attached hydrogen (secondary N) is 1. The van der Waals surface area contributed by atoms with E-state index in [9.17, 15) is 9.59 Å². The standard InChI is InChI=1S/C24H29Cl3N2O2S/c1-4-16(3)28-24(31)22(5-2)29(15-17-6-7-19(26)14-21(17)27)23(30)12-13-32-20-10-8-18(25)9-11-20/h6-11,14,16,22H,4-5,12-13,15H2,1-3H3,(H,28,31)/t16-,22-/m1/s1. The van der Waals surface area contributed by atoms with Gasteiger partial charge >= 0.3 is 0 Å². The van der Waals surface area contributed by atoms with Gasteiger partial charge in [-0.25, -0.2) is 0 Å². The van der Waals surface area contributed by atoms with Crippen molar-refractivity contribution in [3.8, 4) is 0 Å². The van der Waals surface area contributed by atoms with Gasteiger partial charge in [0.25, 0.3) is 0 Å². The average molecular weight is 516 g/mol. The Kier molecular flexibility index (Phi) is 11.2. The fourth-order valence-corrected chi connectivity index (χ4v) is 4.56. The summed E-state index contributed by atoms with van der Waals surface area (Å²) in [5.74, 6) is 0.351. The maximum absolute atomic E-state index is 13.3. The number of rotatable bonds is 11. The molecule has 174 valence electrons. The van der Waals surface area contributed by atoms with Gasteiger partial charge in [0, 0.05) is 44.7 Å². The Morgan fingerprint density at radius 2 is 1.66 bits per heavy atom. The van der Waals surface area contributed by atoms with Crippen molar-refractivity contribution < 1.29 is 9.59 Å². The molecule has 2 aromatic rings. The van der Waals surface area contributed by atoms with Gasteiger partial charge in [0.15, 0.2) is 0 Å². The number of amides is 2. The van der Waals surface area contributed by atoms with E-state index in [-0.39, 0.29) is 24.4 Å². The van der Waals surface area contributed by atoms with E-state index in [1.54, 1.807) is 34.9 Å². The van der Waals surface area contributed by atoms with Crippen LogP contribution in [0.4, 0.5) is 0 Å². The van der Waals surface area contributed by atoms with Crippen LogP contribution in [0.5, 0.6) is 0 Å². The minimum Gasteiger partial charge on any atom is -0.352 e. The number of carbonyl (C=O) groups excluding carboxylic acids is 2. The number of nitrogens with zero attached hydrogens (tertiary/aromatic N) is 1. The predicted octanol–water partition coefficient (Wildman–Crippen LogP) is 6.85. The zero-order valence-electron chi connectivity index (χ0n) is 18.5. The molecular weight excluding hydrogens is 487 g/mol. The van der Waals surface area contributed by atoms with Crippen LogP contribution in [-0.2, 0) is 16.1 Å². The summed E-state index contributed by atoms with van der Waals surface area (Å²) < 4.78 is 0. The van der Waals surface area contributed by atoms with Gasteiger partial charge in [0.05, 0.1) is 0 Å². The van der Waals surface area contributed by atoms with Gasteiger partial charge in [-0.05, 0) is 61.7 Å². The van der Waals surface area contributed by atoms with E-state index in [4.69, 9.17) is 34.8 Å². The molecule has 0 aromatic heterocycles. The van der Waals surface area contributed by atoms with Crippen molar-refractivity contribution in [3.63, 3.8) is 0 Å². The van der Waals surface area contributed by atoms with Crippen LogP contribution in [0, 0.1) is 0 Å². The third-order valence-corrected chi connectivity index (χ3v) is 6.99. The van der Waals surface area contributed by atoms with Crippen molar-refractivity contribution in [2.24, 2.45) is 0 Å². The minimum absolute atomic E-state index is 0.0353. The summed E-state index contributed by atoms with van der Waals surface area (Å²) >= 11 is 19.9. The van der Waals surface area contributed by atoms with Gasteiger partial charge in [-0.3, -0.25) is 9.59 Å². The molecule has 1 N–H and O–H groups in total. The Balaban J connectivity index is 2.17. The molecule has 0 radical (unpaired) electrons. The quantitative estimate of drug-likeness (QED) is 0.333. The van der Waals surface area contributed by atoms with E-state index >= 15 is 0 Å². The van der Waals surface area contributed by atoms with E-state index < -0.39 is 6.04 Å². The molecule has 0 spiro atoms. The molecule has 2 aromatic carbocycles. The van der Waals surface area contributed by atoms with Crippen LogP contribution in [0.25, 0.3) is 0 Å². The highest BCUT2D eigenvalue weighted by atomic mass is 35.5. The lowest BCUT2D eigenvalue weighted by Crippen LogP contribution is -2.50. The van der Waals surface area contributed by atoms with Crippen LogP contribution in [0.3, 0.4) is 0 Å².